The SMILES string of the molecule is COc1ccc(CN2CCN(c3ccn(-c4cc(C)nc(Nc5c(OC)cc(OC)cc5OC)c4CCO)n3)C2=O)cc1. The van der Waals surface area contributed by atoms with Crippen LogP contribution in [0.2, 0.25) is 0 Å². The normalized spacial score (nSPS) is 12.9. The number of nitrogens with one attached hydrogen (secondary N) is 1. The highest BCUT2D eigenvalue weighted by Crippen LogP contribution is 2.41. The zero-order chi connectivity index (χ0) is 30.5. The number of aromatic nitrogens is 3. The zero-order valence-electron chi connectivity index (χ0n) is 25.0. The fraction of sp³-hybridized carbons (Fsp3) is 0.323. The summed E-state index contributed by atoms with van der Waals surface area (Å²) in [4.78, 5) is 21.5. The van der Waals surface area contributed by atoms with Crippen molar-refractivity contribution in [2.75, 3.05) is 58.4 Å². The lowest BCUT2D eigenvalue weighted by Crippen LogP contribution is -2.31. The van der Waals surface area contributed by atoms with Crippen LogP contribution in [0.25, 0.3) is 5.69 Å². The lowest BCUT2D eigenvalue weighted by Gasteiger charge is -2.20. The Hall–Kier alpha value is -4.97. The summed E-state index contributed by atoms with van der Waals surface area (Å²) in [7, 11) is 6.32. The number of ether oxygens (including phenoxy) is 4. The Bertz CT molecular complexity index is 1560. The quantitative estimate of drug-likeness (QED) is 0.249. The number of amides is 2. The predicted molar refractivity (Wildman–Crippen MR) is 162 cm³/mol. The number of anilines is 3. The molecule has 0 bridgehead atoms. The molecular weight excluding hydrogens is 552 g/mol. The third-order valence-corrected chi connectivity index (χ3v) is 7.27. The van der Waals surface area contributed by atoms with Crippen molar-refractivity contribution in [2.24, 2.45) is 0 Å². The van der Waals surface area contributed by atoms with Gasteiger partial charge in [0.25, 0.3) is 0 Å². The molecule has 43 heavy (non-hydrogen) atoms. The van der Waals surface area contributed by atoms with E-state index in [2.05, 4.69) is 5.32 Å². The van der Waals surface area contributed by atoms with Crippen LogP contribution >= 0.6 is 0 Å². The molecule has 2 aromatic heterocycles. The lowest BCUT2D eigenvalue weighted by molar-refractivity contribution is 0.218. The fourth-order valence-corrected chi connectivity index (χ4v) is 5.08. The van der Waals surface area contributed by atoms with Crippen LogP contribution in [0.5, 0.6) is 23.0 Å². The number of rotatable bonds is 12. The summed E-state index contributed by atoms with van der Waals surface area (Å²) in [6.45, 7) is 3.38. The van der Waals surface area contributed by atoms with Crippen LogP contribution < -0.4 is 29.2 Å². The van der Waals surface area contributed by atoms with Crippen LogP contribution in [0.4, 0.5) is 22.1 Å². The van der Waals surface area contributed by atoms with E-state index in [0.29, 0.717) is 60.6 Å². The van der Waals surface area contributed by atoms with E-state index in [9.17, 15) is 9.90 Å². The molecule has 0 atom stereocenters. The summed E-state index contributed by atoms with van der Waals surface area (Å²) in [5, 5.41) is 18.1. The first-order valence-electron chi connectivity index (χ1n) is 13.8. The number of hydrogen-bond acceptors (Lipinski definition) is 9. The summed E-state index contributed by atoms with van der Waals surface area (Å²) >= 11 is 0. The molecular formula is C31H36N6O6. The lowest BCUT2D eigenvalue weighted by atomic mass is 10.1. The van der Waals surface area contributed by atoms with Gasteiger partial charge >= 0.3 is 6.03 Å². The molecule has 2 aromatic carbocycles. The second-order valence-electron chi connectivity index (χ2n) is 9.94. The third kappa shape index (κ3) is 6.14. The molecule has 0 unspecified atom stereocenters. The van der Waals surface area contributed by atoms with Crippen LogP contribution in [0.15, 0.2) is 54.7 Å². The Morgan fingerprint density at radius 2 is 1.60 bits per heavy atom. The van der Waals surface area contributed by atoms with E-state index in [1.165, 1.54) is 0 Å². The Morgan fingerprint density at radius 3 is 2.23 bits per heavy atom. The van der Waals surface area contributed by atoms with Crippen molar-refractivity contribution in [1.29, 1.82) is 0 Å². The molecule has 0 spiro atoms. The van der Waals surface area contributed by atoms with E-state index < -0.39 is 0 Å². The molecule has 1 fully saturated rings. The Balaban J connectivity index is 1.43. The zero-order valence-corrected chi connectivity index (χ0v) is 25.0. The van der Waals surface area contributed by atoms with Crippen molar-refractivity contribution < 1.29 is 28.8 Å². The summed E-state index contributed by atoms with van der Waals surface area (Å²) in [5.74, 6) is 3.42. The molecule has 0 aliphatic carbocycles. The average Bonchev–Trinajstić information content (AvgIpc) is 3.65. The second-order valence-corrected chi connectivity index (χ2v) is 9.94. The number of urea groups is 1. The highest BCUT2D eigenvalue weighted by Gasteiger charge is 2.31. The maximum atomic E-state index is 13.3. The van der Waals surface area contributed by atoms with Crippen molar-refractivity contribution in [3.8, 4) is 28.7 Å². The number of carbonyl (C=O) groups is 1. The van der Waals surface area contributed by atoms with Crippen molar-refractivity contribution in [3.63, 3.8) is 0 Å². The molecule has 0 saturated carbocycles. The molecule has 226 valence electrons. The molecule has 1 aliphatic rings. The highest BCUT2D eigenvalue weighted by atomic mass is 16.5. The first-order chi connectivity index (χ1) is 20.9. The molecule has 4 aromatic rings. The number of nitrogens with zero attached hydrogens (tertiary/aromatic N) is 5. The number of benzene rings is 2. The molecule has 0 radical (unpaired) electrons. The number of hydrogen-bond donors (Lipinski definition) is 2. The maximum Gasteiger partial charge on any atom is 0.326 e. The summed E-state index contributed by atoms with van der Waals surface area (Å²) < 4.78 is 23.5. The van der Waals surface area contributed by atoms with Gasteiger partial charge in [0.2, 0.25) is 0 Å². The minimum atomic E-state index is -0.109. The third-order valence-electron chi connectivity index (χ3n) is 7.27. The van der Waals surface area contributed by atoms with E-state index in [1.54, 1.807) is 55.1 Å². The van der Waals surface area contributed by atoms with E-state index in [-0.39, 0.29) is 12.6 Å². The van der Waals surface area contributed by atoms with Crippen LogP contribution in [0.1, 0.15) is 16.8 Å². The van der Waals surface area contributed by atoms with Crippen molar-refractivity contribution in [3.05, 3.63) is 71.5 Å². The topological polar surface area (TPSA) is 123 Å². The van der Waals surface area contributed by atoms with Crippen molar-refractivity contribution in [2.45, 2.75) is 19.9 Å². The van der Waals surface area contributed by atoms with E-state index >= 15 is 0 Å². The van der Waals surface area contributed by atoms with Gasteiger partial charge < -0.3 is 34.3 Å². The molecule has 12 nitrogen and oxygen atoms in total. The summed E-state index contributed by atoms with van der Waals surface area (Å²) in [6.07, 6.45) is 2.11. The number of pyridine rings is 1. The maximum absolute atomic E-state index is 13.3. The van der Waals surface area contributed by atoms with Gasteiger partial charge in [-0.05, 0) is 30.7 Å². The van der Waals surface area contributed by atoms with Crippen molar-refractivity contribution >= 4 is 23.4 Å². The number of aliphatic hydroxyl groups excluding tert-OH is 1. The average molecular weight is 589 g/mol. The smallest absolute Gasteiger partial charge is 0.326 e. The predicted octanol–water partition coefficient (Wildman–Crippen LogP) is 4.33. The standard InChI is InChI=1S/C31H36N6O6/c1-20-16-25(24(11-15-38)30(32-20)33-29-26(42-4)17-23(41-3)18-27(29)43-5)37-12-10-28(34-37)36-14-13-35(31(36)39)19-21-6-8-22(40-2)9-7-21/h6-10,12,16-18,38H,11,13-15,19H2,1-5H3,(H,32,33). The molecule has 2 amide bonds. The van der Waals surface area contributed by atoms with Crippen LogP contribution in [-0.2, 0) is 13.0 Å². The van der Waals surface area contributed by atoms with Gasteiger partial charge in [-0.1, -0.05) is 12.1 Å². The van der Waals surface area contributed by atoms with Crippen LogP contribution in [-0.4, -0.2) is 78.9 Å². The number of aryl methyl sites for hydroxylation is 1. The fourth-order valence-electron chi connectivity index (χ4n) is 5.08. The molecule has 5 rings (SSSR count). The first kappa shape index (κ1) is 29.5. The first-order valence-corrected chi connectivity index (χ1v) is 13.8. The van der Waals surface area contributed by atoms with Gasteiger partial charge in [-0.3, -0.25) is 4.90 Å². The highest BCUT2D eigenvalue weighted by molar-refractivity contribution is 5.93. The van der Waals surface area contributed by atoms with Gasteiger partial charge in [0.1, 0.15) is 34.5 Å². The van der Waals surface area contributed by atoms with E-state index in [0.717, 1.165) is 28.3 Å². The minimum Gasteiger partial charge on any atom is -0.497 e. The van der Waals surface area contributed by atoms with E-state index in [1.807, 2.05) is 49.5 Å². The van der Waals surface area contributed by atoms with Gasteiger partial charge in [-0.15, -0.1) is 5.10 Å². The molecule has 2 N–H and O–H groups in total. The Morgan fingerprint density at radius 1 is 0.907 bits per heavy atom. The van der Waals surface area contributed by atoms with Gasteiger partial charge in [-0.2, -0.15) is 0 Å². The van der Waals surface area contributed by atoms with E-state index in [4.69, 9.17) is 29.0 Å². The van der Waals surface area contributed by atoms with Crippen molar-refractivity contribution in [1.82, 2.24) is 19.7 Å². The molecule has 12 heteroatoms. The van der Waals surface area contributed by atoms with Crippen LogP contribution in [0, 0.1) is 6.92 Å². The summed E-state index contributed by atoms with van der Waals surface area (Å²) in [6, 6.07) is 14.8. The molecule has 3 heterocycles. The Kier molecular flexibility index (Phi) is 8.86. The Labute approximate surface area is 250 Å². The van der Waals surface area contributed by atoms with Gasteiger partial charge in [0.15, 0.2) is 5.82 Å². The minimum absolute atomic E-state index is 0.108. The number of carbonyl (C=O) groups excluding carboxylic acids is 1. The van der Waals surface area contributed by atoms with Gasteiger partial charge in [0.05, 0.1) is 34.1 Å². The van der Waals surface area contributed by atoms with Crippen LogP contribution in [0.3, 0.4) is 0 Å². The largest absolute Gasteiger partial charge is 0.497 e. The molecule has 1 aliphatic heterocycles. The second kappa shape index (κ2) is 12.9. The number of aliphatic hydroxyl groups is 1. The summed E-state index contributed by atoms with van der Waals surface area (Å²) in [5.41, 5.74) is 3.77. The number of methoxy groups -OCH3 is 4. The van der Waals surface area contributed by atoms with Gasteiger partial charge in [-0.25, -0.2) is 14.5 Å². The monoisotopic (exact) mass is 588 g/mol. The molecule has 1 saturated heterocycles. The van der Waals surface area contributed by atoms with Gasteiger partial charge in [0, 0.05) is 68.3 Å².